The molecular formula is C31H28BrN3OS. The van der Waals surface area contributed by atoms with Gasteiger partial charge in [-0.2, -0.15) is 0 Å². The number of halogens is 1. The van der Waals surface area contributed by atoms with Gasteiger partial charge in [-0.05, 0) is 79.3 Å². The highest BCUT2D eigenvalue weighted by atomic mass is 79.9. The van der Waals surface area contributed by atoms with E-state index in [0.29, 0.717) is 4.53 Å². The predicted molar refractivity (Wildman–Crippen MR) is 157 cm³/mol. The number of anilines is 1. The number of aromatic nitrogens is 1. The van der Waals surface area contributed by atoms with Crippen LogP contribution in [0.1, 0.15) is 48.6 Å². The fourth-order valence-electron chi connectivity index (χ4n) is 5.49. The molecule has 1 atom stereocenters. The predicted octanol–water partition coefficient (Wildman–Crippen LogP) is 5.93. The van der Waals surface area contributed by atoms with E-state index in [4.69, 9.17) is 4.99 Å². The first-order valence-corrected chi connectivity index (χ1v) is 14.4. The van der Waals surface area contributed by atoms with Gasteiger partial charge < -0.3 is 4.90 Å². The Morgan fingerprint density at radius 2 is 1.73 bits per heavy atom. The second kappa shape index (κ2) is 9.92. The van der Waals surface area contributed by atoms with Crippen LogP contribution in [-0.2, 0) is 6.42 Å². The number of thiazole rings is 1. The summed E-state index contributed by atoms with van der Waals surface area (Å²) >= 11 is 5.05. The molecule has 1 aromatic heterocycles. The minimum absolute atomic E-state index is 0.0231. The molecule has 2 aliphatic rings. The Morgan fingerprint density at radius 3 is 2.46 bits per heavy atom. The number of fused-ring (bicyclic) bond motifs is 3. The van der Waals surface area contributed by atoms with Crippen LogP contribution in [0.25, 0.3) is 11.8 Å². The summed E-state index contributed by atoms with van der Waals surface area (Å²) in [5.74, 6) is 0. The van der Waals surface area contributed by atoms with Gasteiger partial charge in [-0.15, -0.1) is 0 Å². The molecule has 1 unspecified atom stereocenters. The molecule has 4 nitrogen and oxygen atoms in total. The van der Waals surface area contributed by atoms with Crippen molar-refractivity contribution in [2.24, 2.45) is 4.99 Å². The second-order valence-corrected chi connectivity index (χ2v) is 11.4. The van der Waals surface area contributed by atoms with Crippen molar-refractivity contribution in [1.29, 1.82) is 0 Å². The van der Waals surface area contributed by atoms with Crippen molar-refractivity contribution in [3.8, 4) is 0 Å². The van der Waals surface area contributed by atoms with E-state index in [0.717, 1.165) is 52.0 Å². The maximum absolute atomic E-state index is 13.9. The van der Waals surface area contributed by atoms with Gasteiger partial charge >= 0.3 is 0 Å². The van der Waals surface area contributed by atoms with Crippen molar-refractivity contribution in [3.63, 3.8) is 0 Å². The molecule has 4 aromatic rings. The lowest BCUT2D eigenvalue weighted by Gasteiger charge is -2.30. The summed E-state index contributed by atoms with van der Waals surface area (Å²) in [7, 11) is 0. The molecule has 1 aliphatic heterocycles. The Bertz CT molecular complexity index is 1680. The fraction of sp³-hybridized carbons (Fsp3) is 0.226. The maximum Gasteiger partial charge on any atom is 0.271 e. The van der Waals surface area contributed by atoms with Crippen molar-refractivity contribution in [1.82, 2.24) is 4.57 Å². The number of aryl methyl sites for hydroxylation is 1. The maximum atomic E-state index is 13.9. The van der Waals surface area contributed by atoms with E-state index in [1.165, 1.54) is 33.7 Å². The number of nitrogens with zero attached hydrogens (tertiary/aromatic N) is 3. The molecule has 0 spiro atoms. The largest absolute Gasteiger partial charge is 0.372 e. The van der Waals surface area contributed by atoms with Gasteiger partial charge in [0.1, 0.15) is 0 Å². The lowest BCUT2D eigenvalue weighted by Crippen LogP contribution is -2.38. The first-order chi connectivity index (χ1) is 18.1. The van der Waals surface area contributed by atoms with E-state index in [9.17, 15) is 4.79 Å². The van der Waals surface area contributed by atoms with Gasteiger partial charge in [0.15, 0.2) is 4.80 Å². The van der Waals surface area contributed by atoms with Crippen LogP contribution in [0.3, 0.4) is 0 Å². The molecule has 37 heavy (non-hydrogen) atoms. The summed E-state index contributed by atoms with van der Waals surface area (Å²) in [5.41, 5.74) is 8.13. The molecule has 2 heterocycles. The van der Waals surface area contributed by atoms with Gasteiger partial charge in [0.05, 0.1) is 16.3 Å². The van der Waals surface area contributed by atoms with Gasteiger partial charge in [-0.25, -0.2) is 4.99 Å². The minimum atomic E-state index is -0.153. The van der Waals surface area contributed by atoms with Crippen LogP contribution in [0.5, 0.6) is 0 Å². The Balaban J connectivity index is 1.52. The van der Waals surface area contributed by atoms with Gasteiger partial charge in [0.2, 0.25) is 0 Å². The van der Waals surface area contributed by atoms with Crippen LogP contribution < -0.4 is 19.8 Å². The summed E-state index contributed by atoms with van der Waals surface area (Å²) in [4.78, 5) is 22.1. The third kappa shape index (κ3) is 4.32. The van der Waals surface area contributed by atoms with Crippen LogP contribution in [0, 0.1) is 0 Å². The molecule has 0 N–H and O–H groups in total. The van der Waals surface area contributed by atoms with Crippen molar-refractivity contribution < 1.29 is 0 Å². The van der Waals surface area contributed by atoms with Gasteiger partial charge in [0, 0.05) is 28.8 Å². The summed E-state index contributed by atoms with van der Waals surface area (Å²) in [6.45, 7) is 6.27. The van der Waals surface area contributed by atoms with Crippen molar-refractivity contribution in [3.05, 3.63) is 125 Å². The molecule has 0 bridgehead atoms. The monoisotopic (exact) mass is 569 g/mol. The summed E-state index contributed by atoms with van der Waals surface area (Å²) in [6, 6.07) is 25.2. The van der Waals surface area contributed by atoms with Crippen molar-refractivity contribution in [2.75, 3.05) is 18.0 Å². The van der Waals surface area contributed by atoms with Crippen molar-refractivity contribution >= 4 is 44.7 Å². The van der Waals surface area contributed by atoms with Crippen LogP contribution in [0.4, 0.5) is 5.69 Å². The molecule has 0 saturated heterocycles. The quantitative estimate of drug-likeness (QED) is 0.299. The van der Waals surface area contributed by atoms with Crippen LogP contribution in [0.2, 0.25) is 0 Å². The smallest absolute Gasteiger partial charge is 0.271 e. The highest BCUT2D eigenvalue weighted by molar-refractivity contribution is 9.10. The number of hydrogen-bond acceptors (Lipinski definition) is 4. The zero-order valence-corrected chi connectivity index (χ0v) is 23.3. The average molecular weight is 571 g/mol. The molecule has 6 rings (SSSR count). The third-order valence-electron chi connectivity index (χ3n) is 7.38. The molecular weight excluding hydrogens is 542 g/mol. The first-order valence-electron chi connectivity index (χ1n) is 12.8. The third-order valence-corrected chi connectivity index (χ3v) is 8.89. The summed E-state index contributed by atoms with van der Waals surface area (Å²) in [5, 5.41) is 0. The van der Waals surface area contributed by atoms with E-state index in [-0.39, 0.29) is 11.6 Å². The van der Waals surface area contributed by atoms with Gasteiger partial charge in [-0.3, -0.25) is 9.36 Å². The highest BCUT2D eigenvalue weighted by Crippen LogP contribution is 2.41. The van der Waals surface area contributed by atoms with Crippen LogP contribution in [-0.4, -0.2) is 17.7 Å². The molecule has 0 saturated carbocycles. The van der Waals surface area contributed by atoms with E-state index < -0.39 is 0 Å². The topological polar surface area (TPSA) is 37.6 Å². The lowest BCUT2D eigenvalue weighted by atomic mass is 9.83. The SMILES string of the molecule is CCN(CC)c1ccc(C=c2sc3n(c2=O)C(c2ccc(Br)cc2)C2=C(N=3)c3ccccc3CC2)cc1. The average Bonchev–Trinajstić information content (AvgIpc) is 3.24. The first kappa shape index (κ1) is 24.1. The zero-order valence-electron chi connectivity index (χ0n) is 20.9. The van der Waals surface area contributed by atoms with Crippen LogP contribution in [0.15, 0.2) is 92.6 Å². The lowest BCUT2D eigenvalue weighted by molar-refractivity contribution is 0.585. The van der Waals surface area contributed by atoms with Gasteiger partial charge in [0.25, 0.3) is 5.56 Å². The van der Waals surface area contributed by atoms with E-state index >= 15 is 0 Å². The van der Waals surface area contributed by atoms with Gasteiger partial charge in [-0.1, -0.05) is 75.8 Å². The zero-order chi connectivity index (χ0) is 25.5. The van der Waals surface area contributed by atoms with E-state index in [2.05, 4.69) is 107 Å². The Morgan fingerprint density at radius 1 is 1.00 bits per heavy atom. The van der Waals surface area contributed by atoms with E-state index in [1.54, 1.807) is 0 Å². The van der Waals surface area contributed by atoms with Crippen LogP contribution >= 0.6 is 27.3 Å². The highest BCUT2D eigenvalue weighted by Gasteiger charge is 2.32. The molecule has 186 valence electrons. The summed E-state index contributed by atoms with van der Waals surface area (Å²) in [6.07, 6.45) is 3.86. The standard InChI is InChI=1S/C31H28BrN3OS/c1-3-34(4-2)24-16-9-20(10-17-24)19-27-30(36)35-29(22-11-14-23(32)15-12-22)26-18-13-21-7-5-6-8-25(21)28(26)33-31(35)37-27/h5-12,14-17,19,29H,3-4,13,18H2,1-2H3. The Kier molecular flexibility index (Phi) is 6.47. The molecule has 1 aliphatic carbocycles. The molecule has 0 radical (unpaired) electrons. The summed E-state index contributed by atoms with van der Waals surface area (Å²) < 4.78 is 3.65. The molecule has 0 amide bonds. The second-order valence-electron chi connectivity index (χ2n) is 9.43. The molecule has 3 aromatic carbocycles. The number of benzene rings is 3. The Hall–Kier alpha value is -3.22. The van der Waals surface area contributed by atoms with E-state index in [1.807, 2.05) is 10.6 Å². The minimum Gasteiger partial charge on any atom is -0.372 e. The molecule has 6 heteroatoms. The Labute approximate surface area is 229 Å². The fourth-order valence-corrected chi connectivity index (χ4v) is 6.75. The number of allylic oxidation sites excluding steroid dienone is 1. The number of rotatable bonds is 5. The molecule has 0 fully saturated rings. The normalized spacial score (nSPS) is 16.6. The number of hydrogen-bond donors (Lipinski definition) is 0. The van der Waals surface area contributed by atoms with Crippen molar-refractivity contribution in [2.45, 2.75) is 32.7 Å².